The lowest BCUT2D eigenvalue weighted by molar-refractivity contribution is -0.456. The van der Waals surface area contributed by atoms with Crippen LogP contribution in [0.4, 0.5) is 0 Å². The van der Waals surface area contributed by atoms with Crippen molar-refractivity contribution in [1.29, 1.82) is 0 Å². The number of rotatable bonds is 3. The molecule has 0 spiro atoms. The first kappa shape index (κ1) is 8.99. The zero-order chi connectivity index (χ0) is 8.97. The van der Waals surface area contributed by atoms with Crippen molar-refractivity contribution in [2.45, 2.75) is 11.9 Å². The van der Waals surface area contributed by atoms with Crippen molar-refractivity contribution in [3.05, 3.63) is 34.0 Å². The maximum Gasteiger partial charge on any atom is 0.254 e. The first-order chi connectivity index (χ1) is 5.68. The van der Waals surface area contributed by atoms with Gasteiger partial charge >= 0.3 is 0 Å². The Balaban J connectivity index is 2.53. The highest BCUT2D eigenvalue weighted by atomic mass is 32.2. The van der Waals surface area contributed by atoms with E-state index in [0.717, 1.165) is 17.3 Å². The van der Waals surface area contributed by atoms with Crippen LogP contribution in [-0.4, -0.2) is 15.8 Å². The van der Waals surface area contributed by atoms with Gasteiger partial charge in [0, 0.05) is 11.1 Å². The third-order valence-electron chi connectivity index (χ3n) is 1.20. The van der Waals surface area contributed by atoms with Crippen molar-refractivity contribution in [1.82, 2.24) is 4.98 Å². The van der Waals surface area contributed by atoms with E-state index in [1.165, 1.54) is 0 Å². The molecule has 0 aliphatic heterocycles. The van der Waals surface area contributed by atoms with E-state index < -0.39 is 0 Å². The second-order valence-corrected chi connectivity index (χ2v) is 3.25. The average molecular weight is 184 g/mol. The van der Waals surface area contributed by atoms with Crippen molar-refractivity contribution < 1.29 is 4.92 Å². The summed E-state index contributed by atoms with van der Waals surface area (Å²) >= 11 is 1.13. The molecule has 12 heavy (non-hydrogen) atoms. The minimum atomic E-state index is -0.369. The lowest BCUT2D eigenvalue weighted by Gasteiger charge is -1.95. The molecule has 4 nitrogen and oxygen atoms in total. The van der Waals surface area contributed by atoms with Crippen LogP contribution >= 0.6 is 11.8 Å². The van der Waals surface area contributed by atoms with Crippen LogP contribution < -0.4 is 0 Å². The van der Waals surface area contributed by atoms with Crippen LogP contribution in [0.5, 0.6) is 0 Å². The molecule has 0 atom stereocenters. The molecular formula is C7H8N2O2S. The summed E-state index contributed by atoms with van der Waals surface area (Å²) in [7, 11) is 0. The van der Waals surface area contributed by atoms with Crippen LogP contribution in [0.15, 0.2) is 23.4 Å². The molecule has 0 amide bonds. The number of hydrogen-bond donors (Lipinski definition) is 0. The molecule has 0 bridgehead atoms. The van der Waals surface area contributed by atoms with Gasteiger partial charge in [-0.2, -0.15) is 0 Å². The van der Waals surface area contributed by atoms with Crippen molar-refractivity contribution in [2.24, 2.45) is 0 Å². The van der Waals surface area contributed by atoms with Gasteiger partial charge in [0.25, 0.3) is 5.88 Å². The van der Waals surface area contributed by atoms with Gasteiger partial charge in [0.05, 0.1) is 0 Å². The Kier molecular flexibility index (Phi) is 3.04. The zero-order valence-electron chi connectivity index (χ0n) is 6.56. The fourth-order valence-electron chi connectivity index (χ4n) is 0.658. The first-order valence-corrected chi connectivity index (χ1v) is 4.34. The smallest absolute Gasteiger partial charge is 0.254 e. The lowest BCUT2D eigenvalue weighted by Crippen LogP contribution is -1.95. The number of pyridine rings is 1. The normalized spacial score (nSPS) is 9.75. The maximum absolute atomic E-state index is 10.00. The van der Waals surface area contributed by atoms with Crippen molar-refractivity contribution in [2.75, 3.05) is 5.88 Å². The number of nitro groups is 1. The quantitative estimate of drug-likeness (QED) is 0.310. The molecular weight excluding hydrogens is 176 g/mol. The molecule has 0 saturated carbocycles. The lowest BCUT2D eigenvalue weighted by atomic mass is 10.3. The number of nitrogens with zero attached hydrogens (tertiary/aromatic N) is 2. The number of hydrogen-bond acceptors (Lipinski definition) is 4. The molecule has 0 fully saturated rings. The van der Waals surface area contributed by atoms with Crippen molar-refractivity contribution in [3.63, 3.8) is 0 Å². The van der Waals surface area contributed by atoms with Crippen molar-refractivity contribution in [3.8, 4) is 0 Å². The molecule has 0 aliphatic rings. The predicted molar refractivity (Wildman–Crippen MR) is 46.7 cm³/mol. The summed E-state index contributed by atoms with van der Waals surface area (Å²) in [5.74, 6) is -0.129. The molecule has 64 valence electrons. The molecule has 1 aromatic heterocycles. The van der Waals surface area contributed by atoms with Gasteiger partial charge < -0.3 is 0 Å². The third kappa shape index (κ3) is 2.87. The van der Waals surface area contributed by atoms with Gasteiger partial charge in [-0.15, -0.1) is 0 Å². The highest BCUT2D eigenvalue weighted by Crippen LogP contribution is 2.14. The minimum Gasteiger partial charge on any atom is -0.264 e. The van der Waals surface area contributed by atoms with E-state index in [1.807, 2.05) is 13.0 Å². The molecule has 1 rings (SSSR count). The van der Waals surface area contributed by atoms with E-state index >= 15 is 0 Å². The summed E-state index contributed by atoms with van der Waals surface area (Å²) in [5, 5.41) is 10.7. The Labute approximate surface area is 74.2 Å². The first-order valence-electron chi connectivity index (χ1n) is 3.36. The molecule has 0 aliphatic carbocycles. The topological polar surface area (TPSA) is 56.0 Å². The molecule has 1 heterocycles. The largest absolute Gasteiger partial charge is 0.264 e. The Bertz CT molecular complexity index is 273. The van der Waals surface area contributed by atoms with Crippen LogP contribution in [0.1, 0.15) is 5.56 Å². The fourth-order valence-corrected chi connectivity index (χ4v) is 1.19. The number of aromatic nitrogens is 1. The van der Waals surface area contributed by atoms with Crippen LogP contribution in [0, 0.1) is 17.0 Å². The van der Waals surface area contributed by atoms with E-state index in [2.05, 4.69) is 4.98 Å². The van der Waals surface area contributed by atoms with Gasteiger partial charge in [0.2, 0.25) is 0 Å². The van der Waals surface area contributed by atoms with Crippen molar-refractivity contribution >= 4 is 11.8 Å². The Hall–Kier alpha value is -1.10. The highest BCUT2D eigenvalue weighted by Gasteiger charge is 2.00. The van der Waals surface area contributed by atoms with Crippen LogP contribution in [0.2, 0.25) is 0 Å². The molecule has 0 radical (unpaired) electrons. The van der Waals surface area contributed by atoms with Gasteiger partial charge in [0.1, 0.15) is 5.03 Å². The molecule has 0 saturated heterocycles. The van der Waals surface area contributed by atoms with Crippen LogP contribution in [0.3, 0.4) is 0 Å². The summed E-state index contributed by atoms with van der Waals surface area (Å²) in [6.07, 6.45) is 1.70. The summed E-state index contributed by atoms with van der Waals surface area (Å²) in [5.41, 5.74) is 1.06. The van der Waals surface area contributed by atoms with E-state index in [9.17, 15) is 10.1 Å². The van der Waals surface area contributed by atoms with E-state index in [0.29, 0.717) is 5.03 Å². The van der Waals surface area contributed by atoms with E-state index in [4.69, 9.17) is 0 Å². The standard InChI is InChI=1S/C7H8N2O2S/c1-6-2-3-7(8-4-6)12-5-9(10)11/h2-4H,5H2,1H3. The van der Waals surface area contributed by atoms with Gasteiger partial charge in [-0.05, 0) is 30.3 Å². The van der Waals surface area contributed by atoms with Gasteiger partial charge in [-0.3, -0.25) is 10.1 Å². The Morgan fingerprint density at radius 2 is 2.42 bits per heavy atom. The predicted octanol–water partition coefficient (Wildman–Crippen LogP) is 1.72. The average Bonchev–Trinajstić information content (AvgIpc) is 2.03. The van der Waals surface area contributed by atoms with Gasteiger partial charge in [-0.25, -0.2) is 4.98 Å². The van der Waals surface area contributed by atoms with Crippen LogP contribution in [-0.2, 0) is 0 Å². The monoisotopic (exact) mass is 184 g/mol. The number of thioether (sulfide) groups is 1. The van der Waals surface area contributed by atoms with Gasteiger partial charge in [0.15, 0.2) is 0 Å². The molecule has 0 aromatic carbocycles. The zero-order valence-corrected chi connectivity index (χ0v) is 7.37. The SMILES string of the molecule is Cc1ccc(SC[N+](=O)[O-])nc1. The van der Waals surface area contributed by atoms with Crippen LogP contribution in [0.25, 0.3) is 0 Å². The second-order valence-electron chi connectivity index (χ2n) is 2.28. The Morgan fingerprint density at radius 3 is 2.92 bits per heavy atom. The van der Waals surface area contributed by atoms with Gasteiger partial charge in [-0.1, -0.05) is 6.07 Å². The summed E-state index contributed by atoms with van der Waals surface area (Å²) in [4.78, 5) is 13.6. The molecule has 5 heteroatoms. The summed E-state index contributed by atoms with van der Waals surface area (Å²) in [6, 6.07) is 3.67. The Morgan fingerprint density at radius 1 is 1.67 bits per heavy atom. The minimum absolute atomic E-state index is 0.129. The molecule has 1 aromatic rings. The number of aryl methyl sites for hydroxylation is 1. The fraction of sp³-hybridized carbons (Fsp3) is 0.286. The molecule has 0 unspecified atom stereocenters. The maximum atomic E-state index is 10.00. The summed E-state index contributed by atoms with van der Waals surface area (Å²) in [6.45, 7) is 1.93. The molecule has 0 N–H and O–H groups in total. The van der Waals surface area contributed by atoms with E-state index in [-0.39, 0.29) is 10.8 Å². The third-order valence-corrected chi connectivity index (χ3v) is 2.08. The summed E-state index contributed by atoms with van der Waals surface area (Å²) < 4.78 is 0. The van der Waals surface area contributed by atoms with E-state index in [1.54, 1.807) is 12.3 Å². The highest BCUT2D eigenvalue weighted by molar-refractivity contribution is 7.99. The second kappa shape index (κ2) is 4.06.